The van der Waals surface area contributed by atoms with Gasteiger partial charge in [0.1, 0.15) is 5.75 Å². The molecular weight excluding hydrogens is 360 g/mol. The second kappa shape index (κ2) is 7.98. The van der Waals surface area contributed by atoms with E-state index >= 15 is 0 Å². The molecule has 0 aliphatic carbocycles. The van der Waals surface area contributed by atoms with E-state index in [-0.39, 0.29) is 10.5 Å². The van der Waals surface area contributed by atoms with Gasteiger partial charge in [0.05, 0.1) is 23.3 Å². The molecule has 0 unspecified atom stereocenters. The molecule has 0 aromatic heterocycles. The zero-order valence-corrected chi connectivity index (χ0v) is 14.9. The molecule has 8 nitrogen and oxygen atoms in total. The average Bonchev–Trinajstić information content (AvgIpc) is 2.61. The fourth-order valence-corrected chi connectivity index (χ4v) is 2.56. The molecular formula is C17H18N2O6S. The van der Waals surface area contributed by atoms with Gasteiger partial charge in [0.25, 0.3) is 5.91 Å². The number of sulfonamides is 1. The lowest BCUT2D eigenvalue weighted by molar-refractivity contribution is -0.123. The molecule has 0 aliphatic heterocycles. The maximum atomic E-state index is 12.2. The van der Waals surface area contributed by atoms with Gasteiger partial charge in [-0.25, -0.2) is 18.4 Å². The summed E-state index contributed by atoms with van der Waals surface area (Å²) < 4.78 is 32.6. The van der Waals surface area contributed by atoms with Gasteiger partial charge in [-0.2, -0.15) is 0 Å². The van der Waals surface area contributed by atoms with E-state index in [0.717, 1.165) is 0 Å². The highest BCUT2D eigenvalue weighted by molar-refractivity contribution is 7.89. The first-order chi connectivity index (χ1) is 12.2. The van der Waals surface area contributed by atoms with Crippen molar-refractivity contribution in [3.63, 3.8) is 0 Å². The molecule has 2 aromatic rings. The number of hydrogen-bond donors (Lipinski definition) is 2. The Morgan fingerprint density at radius 3 is 2.27 bits per heavy atom. The van der Waals surface area contributed by atoms with Gasteiger partial charge in [0.15, 0.2) is 6.10 Å². The van der Waals surface area contributed by atoms with Crippen molar-refractivity contribution < 1.29 is 27.5 Å². The van der Waals surface area contributed by atoms with Crippen molar-refractivity contribution >= 4 is 27.6 Å². The molecule has 0 radical (unpaired) electrons. The quantitative estimate of drug-likeness (QED) is 0.735. The van der Waals surface area contributed by atoms with Crippen molar-refractivity contribution in [2.45, 2.75) is 17.9 Å². The lowest BCUT2D eigenvalue weighted by Crippen LogP contribution is -2.30. The minimum Gasteiger partial charge on any atom is -0.495 e. The number of para-hydroxylation sites is 2. The molecule has 1 amide bonds. The van der Waals surface area contributed by atoms with Crippen LogP contribution in [0.1, 0.15) is 17.3 Å². The molecule has 0 fully saturated rings. The number of rotatable bonds is 6. The van der Waals surface area contributed by atoms with E-state index in [9.17, 15) is 18.0 Å². The predicted molar refractivity (Wildman–Crippen MR) is 94.3 cm³/mol. The number of benzene rings is 2. The summed E-state index contributed by atoms with van der Waals surface area (Å²) >= 11 is 0. The van der Waals surface area contributed by atoms with Crippen molar-refractivity contribution in [3.05, 3.63) is 54.1 Å². The first kappa shape index (κ1) is 19.4. The third kappa shape index (κ3) is 4.80. The van der Waals surface area contributed by atoms with Crippen LogP contribution >= 0.6 is 0 Å². The van der Waals surface area contributed by atoms with Gasteiger partial charge in [-0.15, -0.1) is 0 Å². The van der Waals surface area contributed by atoms with Crippen LogP contribution < -0.4 is 15.2 Å². The lowest BCUT2D eigenvalue weighted by Gasteiger charge is -2.15. The average molecular weight is 378 g/mol. The number of carbonyl (C=O) groups excluding carboxylic acids is 2. The molecule has 0 aliphatic rings. The van der Waals surface area contributed by atoms with E-state index in [4.69, 9.17) is 14.6 Å². The number of amides is 1. The van der Waals surface area contributed by atoms with Crippen LogP contribution in [0, 0.1) is 0 Å². The van der Waals surface area contributed by atoms with E-state index in [0.29, 0.717) is 11.4 Å². The first-order valence-electron chi connectivity index (χ1n) is 7.50. The Morgan fingerprint density at radius 2 is 1.69 bits per heavy atom. The molecule has 138 valence electrons. The van der Waals surface area contributed by atoms with Crippen molar-refractivity contribution in [2.24, 2.45) is 5.14 Å². The largest absolute Gasteiger partial charge is 0.495 e. The summed E-state index contributed by atoms with van der Waals surface area (Å²) in [6.07, 6.45) is -1.08. The van der Waals surface area contributed by atoms with Crippen LogP contribution in [0.2, 0.25) is 0 Å². The van der Waals surface area contributed by atoms with Crippen LogP contribution in [0.4, 0.5) is 5.69 Å². The summed E-state index contributed by atoms with van der Waals surface area (Å²) in [4.78, 5) is 24.2. The summed E-state index contributed by atoms with van der Waals surface area (Å²) in [5.41, 5.74) is 0.537. The second-order valence-corrected chi connectivity index (χ2v) is 6.87. The summed E-state index contributed by atoms with van der Waals surface area (Å²) in [5.74, 6) is -0.837. The molecule has 0 spiro atoms. The Balaban J connectivity index is 2.03. The molecule has 2 rings (SSSR count). The van der Waals surface area contributed by atoms with Crippen LogP contribution in [-0.4, -0.2) is 33.5 Å². The zero-order valence-electron chi connectivity index (χ0n) is 14.1. The standard InChI is InChI=1S/C17H18N2O6S/c1-11(16(20)19-14-5-3-4-6-15(14)24-2)25-17(21)12-7-9-13(10-8-12)26(18,22)23/h3-11H,1-2H3,(H,19,20)(H2,18,22,23)/t11-/m1/s1. The number of ether oxygens (including phenoxy) is 2. The van der Waals surface area contributed by atoms with Gasteiger partial charge < -0.3 is 14.8 Å². The van der Waals surface area contributed by atoms with E-state index in [1.165, 1.54) is 38.3 Å². The highest BCUT2D eigenvalue weighted by atomic mass is 32.2. The third-order valence-electron chi connectivity index (χ3n) is 3.44. The van der Waals surface area contributed by atoms with Crippen LogP contribution in [0.3, 0.4) is 0 Å². The number of nitrogens with two attached hydrogens (primary N) is 1. The van der Waals surface area contributed by atoms with Gasteiger partial charge in [-0.05, 0) is 43.3 Å². The fourth-order valence-electron chi connectivity index (χ4n) is 2.05. The molecule has 3 N–H and O–H groups in total. The highest BCUT2D eigenvalue weighted by Crippen LogP contribution is 2.23. The SMILES string of the molecule is COc1ccccc1NC(=O)[C@@H](C)OC(=O)c1ccc(S(N)(=O)=O)cc1. The molecule has 0 heterocycles. The molecule has 9 heteroatoms. The summed E-state index contributed by atoms with van der Waals surface area (Å²) in [5, 5.41) is 7.60. The molecule has 1 atom stereocenters. The highest BCUT2D eigenvalue weighted by Gasteiger charge is 2.20. The number of carbonyl (C=O) groups is 2. The molecule has 2 aromatic carbocycles. The number of esters is 1. The van der Waals surface area contributed by atoms with Gasteiger partial charge in [0.2, 0.25) is 10.0 Å². The first-order valence-corrected chi connectivity index (χ1v) is 9.04. The maximum Gasteiger partial charge on any atom is 0.338 e. The van der Waals surface area contributed by atoms with Crippen LogP contribution in [0.15, 0.2) is 53.4 Å². The van der Waals surface area contributed by atoms with E-state index < -0.39 is 28.0 Å². The Bertz CT molecular complexity index is 909. The van der Waals surface area contributed by atoms with Crippen molar-refractivity contribution in [1.82, 2.24) is 0 Å². The Hall–Kier alpha value is -2.91. The second-order valence-electron chi connectivity index (χ2n) is 5.31. The smallest absolute Gasteiger partial charge is 0.338 e. The summed E-state index contributed by atoms with van der Waals surface area (Å²) in [6, 6.07) is 11.7. The van der Waals surface area contributed by atoms with Gasteiger partial charge >= 0.3 is 5.97 Å². The lowest BCUT2D eigenvalue weighted by atomic mass is 10.2. The number of primary sulfonamides is 1. The number of anilines is 1. The summed E-state index contributed by atoms with van der Waals surface area (Å²) in [7, 11) is -2.38. The fraction of sp³-hybridized carbons (Fsp3) is 0.176. The molecule has 26 heavy (non-hydrogen) atoms. The van der Waals surface area contributed by atoms with Gasteiger partial charge in [0, 0.05) is 0 Å². The predicted octanol–water partition coefficient (Wildman–Crippen LogP) is 1.53. The number of hydrogen-bond acceptors (Lipinski definition) is 6. The van der Waals surface area contributed by atoms with E-state index in [2.05, 4.69) is 5.32 Å². The van der Waals surface area contributed by atoms with Gasteiger partial charge in [-0.1, -0.05) is 12.1 Å². The summed E-state index contributed by atoms with van der Waals surface area (Å²) in [6.45, 7) is 1.42. The van der Waals surface area contributed by atoms with Crippen molar-refractivity contribution in [2.75, 3.05) is 12.4 Å². The molecule has 0 saturated heterocycles. The zero-order chi connectivity index (χ0) is 19.3. The van der Waals surface area contributed by atoms with Crippen LogP contribution in [0.5, 0.6) is 5.75 Å². The third-order valence-corrected chi connectivity index (χ3v) is 4.37. The molecule has 0 saturated carbocycles. The Kier molecular flexibility index (Phi) is 5.96. The molecule has 0 bridgehead atoms. The van der Waals surface area contributed by atoms with E-state index in [1.54, 1.807) is 24.3 Å². The van der Waals surface area contributed by atoms with Gasteiger partial charge in [-0.3, -0.25) is 4.79 Å². The normalized spacial score (nSPS) is 12.1. The van der Waals surface area contributed by atoms with Crippen molar-refractivity contribution in [1.29, 1.82) is 0 Å². The number of methoxy groups -OCH3 is 1. The number of nitrogens with one attached hydrogen (secondary N) is 1. The maximum absolute atomic E-state index is 12.2. The van der Waals surface area contributed by atoms with E-state index in [1.807, 2.05) is 0 Å². The minimum atomic E-state index is -3.85. The van der Waals surface area contributed by atoms with Crippen molar-refractivity contribution in [3.8, 4) is 5.75 Å². The monoisotopic (exact) mass is 378 g/mol. The van der Waals surface area contributed by atoms with Crippen LogP contribution in [-0.2, 0) is 19.6 Å². The Morgan fingerprint density at radius 1 is 1.08 bits per heavy atom. The van der Waals surface area contributed by atoms with Crippen LogP contribution in [0.25, 0.3) is 0 Å². The minimum absolute atomic E-state index is 0.0920. The topological polar surface area (TPSA) is 125 Å². The Labute approximate surface area is 151 Å².